The van der Waals surface area contributed by atoms with Crippen LogP contribution in [0.3, 0.4) is 0 Å². The van der Waals surface area contributed by atoms with Crippen molar-refractivity contribution in [2.24, 2.45) is 0 Å². The number of carbonyl (C=O) groups excluding carboxylic acids is 2. The van der Waals surface area contributed by atoms with Crippen LogP contribution < -0.4 is 10.1 Å². The molecule has 25 heavy (non-hydrogen) atoms. The standard InChI is InChI=1S/C11H15NO.C7H7F.2CH2O/c1-8-5-10-7-12-4-3-9(10)6-11(8)13-2;1-6-2-4-7(8)5-3-6;2*1-2/h5-6,12H,3-4,7H2,1-2H3;2-5H,1H3;2*1H2. The first kappa shape index (κ1) is 22.5. The Morgan fingerprint density at radius 2 is 1.60 bits per heavy atom. The SMILES string of the molecule is C=O.C=O.COc1cc2c(cc1C)CNCC2.Cc1ccc(F)cc1. The topological polar surface area (TPSA) is 55.4 Å². The van der Waals surface area contributed by atoms with Crippen LogP contribution >= 0.6 is 0 Å². The Labute approximate surface area is 149 Å². The van der Waals surface area contributed by atoms with E-state index in [2.05, 4.69) is 24.4 Å². The molecule has 2 aromatic rings. The van der Waals surface area contributed by atoms with E-state index in [9.17, 15) is 4.39 Å². The number of rotatable bonds is 1. The van der Waals surface area contributed by atoms with Crippen molar-refractivity contribution in [3.05, 3.63) is 64.5 Å². The normalized spacial score (nSPS) is 11.2. The van der Waals surface area contributed by atoms with Crippen LogP contribution in [0.1, 0.15) is 22.3 Å². The van der Waals surface area contributed by atoms with Crippen molar-refractivity contribution in [3.63, 3.8) is 0 Å². The van der Waals surface area contributed by atoms with E-state index >= 15 is 0 Å². The van der Waals surface area contributed by atoms with E-state index in [4.69, 9.17) is 14.3 Å². The van der Waals surface area contributed by atoms with Gasteiger partial charge in [-0.3, -0.25) is 0 Å². The third-order valence-electron chi connectivity index (χ3n) is 3.61. The molecule has 1 aliphatic rings. The molecule has 136 valence electrons. The number of ether oxygens (including phenoxy) is 1. The summed E-state index contributed by atoms with van der Waals surface area (Å²) in [5, 5.41) is 3.36. The van der Waals surface area contributed by atoms with E-state index in [1.807, 2.05) is 20.5 Å². The molecule has 0 amide bonds. The average Bonchev–Trinajstić information content (AvgIpc) is 2.67. The molecule has 1 aliphatic heterocycles. The number of nitrogens with one attached hydrogen (secondary N) is 1. The van der Waals surface area contributed by atoms with Crippen LogP contribution in [0.25, 0.3) is 0 Å². The zero-order valence-electron chi connectivity index (χ0n) is 15.1. The molecule has 0 radical (unpaired) electrons. The quantitative estimate of drug-likeness (QED) is 0.859. The predicted octanol–water partition coefficient (Wildman–Crippen LogP) is 3.41. The Balaban J connectivity index is 0.000000414. The van der Waals surface area contributed by atoms with Crippen LogP contribution in [0.15, 0.2) is 36.4 Å². The molecule has 2 aromatic carbocycles. The highest BCUT2D eigenvalue weighted by molar-refractivity contribution is 5.43. The second-order valence-corrected chi connectivity index (χ2v) is 5.31. The van der Waals surface area contributed by atoms with Crippen molar-refractivity contribution in [1.29, 1.82) is 0 Å². The van der Waals surface area contributed by atoms with Crippen LogP contribution in [-0.2, 0) is 22.6 Å². The fraction of sp³-hybridized carbons (Fsp3) is 0.300. The second kappa shape index (κ2) is 12.8. The van der Waals surface area contributed by atoms with Gasteiger partial charge in [-0.2, -0.15) is 0 Å². The first-order valence-electron chi connectivity index (χ1n) is 7.77. The van der Waals surface area contributed by atoms with Crippen LogP contribution in [0, 0.1) is 19.7 Å². The lowest BCUT2D eigenvalue weighted by Gasteiger charge is -2.19. The summed E-state index contributed by atoms with van der Waals surface area (Å²) in [6, 6.07) is 10.8. The summed E-state index contributed by atoms with van der Waals surface area (Å²) < 4.78 is 17.4. The monoisotopic (exact) mass is 347 g/mol. The Morgan fingerprint density at radius 3 is 2.12 bits per heavy atom. The van der Waals surface area contributed by atoms with Crippen LogP contribution in [-0.4, -0.2) is 27.2 Å². The van der Waals surface area contributed by atoms with Gasteiger partial charge in [-0.1, -0.05) is 23.8 Å². The zero-order valence-corrected chi connectivity index (χ0v) is 15.1. The van der Waals surface area contributed by atoms with Crippen molar-refractivity contribution in [2.45, 2.75) is 26.8 Å². The molecule has 5 heteroatoms. The lowest BCUT2D eigenvalue weighted by molar-refractivity contribution is -0.0987. The first-order chi connectivity index (χ1) is 12.1. The Kier molecular flexibility index (Phi) is 11.5. The van der Waals surface area contributed by atoms with E-state index in [1.165, 1.54) is 28.8 Å². The van der Waals surface area contributed by atoms with Crippen molar-refractivity contribution in [2.75, 3.05) is 13.7 Å². The maximum atomic E-state index is 12.1. The number of benzene rings is 2. The average molecular weight is 347 g/mol. The van der Waals surface area contributed by atoms with Crippen molar-refractivity contribution < 1.29 is 18.7 Å². The number of carbonyl (C=O) groups is 2. The maximum Gasteiger partial charge on any atom is 0.123 e. The number of aryl methyl sites for hydroxylation is 2. The molecule has 3 rings (SSSR count). The number of halogens is 1. The molecule has 1 N–H and O–H groups in total. The van der Waals surface area contributed by atoms with Gasteiger partial charge >= 0.3 is 0 Å². The third-order valence-corrected chi connectivity index (χ3v) is 3.61. The van der Waals surface area contributed by atoms with Gasteiger partial charge in [0.05, 0.1) is 7.11 Å². The fourth-order valence-corrected chi connectivity index (χ4v) is 2.39. The smallest absolute Gasteiger partial charge is 0.123 e. The van der Waals surface area contributed by atoms with E-state index in [-0.39, 0.29) is 5.82 Å². The molecule has 0 atom stereocenters. The summed E-state index contributed by atoms with van der Waals surface area (Å²) in [6.45, 7) is 10.1. The lowest BCUT2D eigenvalue weighted by atomic mass is 9.98. The van der Waals surface area contributed by atoms with Gasteiger partial charge in [0.25, 0.3) is 0 Å². The first-order valence-corrected chi connectivity index (χ1v) is 7.77. The number of hydrogen-bond donors (Lipinski definition) is 1. The minimum absolute atomic E-state index is 0.171. The molecule has 4 nitrogen and oxygen atoms in total. The Morgan fingerprint density at radius 1 is 1.00 bits per heavy atom. The second-order valence-electron chi connectivity index (χ2n) is 5.31. The molecule has 0 aliphatic carbocycles. The lowest BCUT2D eigenvalue weighted by Crippen LogP contribution is -2.23. The Bertz CT molecular complexity index is 607. The highest BCUT2D eigenvalue weighted by atomic mass is 19.1. The van der Waals surface area contributed by atoms with Crippen molar-refractivity contribution >= 4 is 13.6 Å². The number of methoxy groups -OCH3 is 1. The van der Waals surface area contributed by atoms with Gasteiger partial charge in [0.15, 0.2) is 0 Å². The molecule has 1 heterocycles. The molecule has 0 unspecified atom stereocenters. The maximum absolute atomic E-state index is 12.1. The minimum Gasteiger partial charge on any atom is -0.496 e. The van der Waals surface area contributed by atoms with Gasteiger partial charge in [0.1, 0.15) is 25.1 Å². The van der Waals surface area contributed by atoms with Crippen LogP contribution in [0.5, 0.6) is 5.75 Å². The molecular weight excluding hydrogens is 321 g/mol. The van der Waals surface area contributed by atoms with Crippen molar-refractivity contribution in [3.8, 4) is 5.75 Å². The van der Waals surface area contributed by atoms with E-state index in [0.717, 1.165) is 30.8 Å². The largest absolute Gasteiger partial charge is 0.496 e. The summed E-state index contributed by atoms with van der Waals surface area (Å²) in [4.78, 5) is 16.0. The molecule has 0 fully saturated rings. The Hall–Kier alpha value is -2.53. The van der Waals surface area contributed by atoms with Gasteiger partial charge in [0, 0.05) is 6.54 Å². The van der Waals surface area contributed by atoms with Gasteiger partial charge in [-0.15, -0.1) is 0 Å². The molecule has 0 spiro atoms. The van der Waals surface area contributed by atoms with Crippen LogP contribution in [0.4, 0.5) is 4.39 Å². The van der Waals surface area contributed by atoms with E-state index in [0.29, 0.717) is 0 Å². The molecule has 0 saturated heterocycles. The van der Waals surface area contributed by atoms with Gasteiger partial charge in [0.2, 0.25) is 0 Å². The van der Waals surface area contributed by atoms with E-state index < -0.39 is 0 Å². The van der Waals surface area contributed by atoms with Gasteiger partial charge in [-0.25, -0.2) is 4.39 Å². The summed E-state index contributed by atoms with van der Waals surface area (Å²) in [5.74, 6) is 0.844. The zero-order chi connectivity index (χ0) is 19.2. The van der Waals surface area contributed by atoms with Gasteiger partial charge < -0.3 is 19.6 Å². The molecular formula is C20H26FNO3. The molecule has 0 saturated carbocycles. The summed E-state index contributed by atoms with van der Waals surface area (Å²) in [7, 11) is 1.73. The van der Waals surface area contributed by atoms with Crippen molar-refractivity contribution in [1.82, 2.24) is 5.32 Å². The highest BCUT2D eigenvalue weighted by Gasteiger charge is 2.10. The van der Waals surface area contributed by atoms with E-state index in [1.54, 1.807) is 19.2 Å². The minimum atomic E-state index is -0.171. The third kappa shape index (κ3) is 7.72. The fourth-order valence-electron chi connectivity index (χ4n) is 2.39. The highest BCUT2D eigenvalue weighted by Crippen LogP contribution is 2.24. The summed E-state index contributed by atoms with van der Waals surface area (Å²) >= 11 is 0. The molecule has 0 bridgehead atoms. The molecule has 0 aromatic heterocycles. The number of hydrogen-bond acceptors (Lipinski definition) is 4. The van der Waals surface area contributed by atoms with Gasteiger partial charge in [-0.05, 0) is 61.7 Å². The summed E-state index contributed by atoms with van der Waals surface area (Å²) in [5.41, 5.74) is 5.17. The summed E-state index contributed by atoms with van der Waals surface area (Å²) in [6.07, 6.45) is 1.12. The number of fused-ring (bicyclic) bond motifs is 1. The predicted molar refractivity (Wildman–Crippen MR) is 98.5 cm³/mol. The van der Waals surface area contributed by atoms with Crippen LogP contribution in [0.2, 0.25) is 0 Å².